The van der Waals surface area contributed by atoms with Crippen molar-refractivity contribution in [1.29, 1.82) is 0 Å². The van der Waals surface area contributed by atoms with Gasteiger partial charge in [0.1, 0.15) is 12.1 Å². The van der Waals surface area contributed by atoms with Crippen LogP contribution in [0.5, 0.6) is 0 Å². The van der Waals surface area contributed by atoms with Crippen LogP contribution in [0.25, 0.3) is 0 Å². The number of imide groups is 1. The van der Waals surface area contributed by atoms with Crippen LogP contribution in [-0.4, -0.2) is 82.9 Å². The van der Waals surface area contributed by atoms with Crippen molar-refractivity contribution >= 4 is 23.9 Å². The average Bonchev–Trinajstić information content (AvgIpc) is 3.29. The maximum atomic E-state index is 12.7. The van der Waals surface area contributed by atoms with E-state index in [9.17, 15) is 19.2 Å². The molecule has 0 unspecified atom stereocenters. The molecule has 4 fully saturated rings. The lowest BCUT2D eigenvalue weighted by molar-refractivity contribution is -0.139. The highest BCUT2D eigenvalue weighted by Crippen LogP contribution is 2.35. The number of piperazine rings is 1. The van der Waals surface area contributed by atoms with Crippen molar-refractivity contribution in [2.24, 2.45) is 0 Å². The lowest BCUT2D eigenvalue weighted by atomic mass is 9.96. The van der Waals surface area contributed by atoms with E-state index in [0.717, 1.165) is 43.4 Å². The molecule has 0 aromatic heterocycles. The molecule has 2 saturated heterocycles. The molecule has 29 heavy (non-hydrogen) atoms. The van der Waals surface area contributed by atoms with Crippen LogP contribution in [0.4, 0.5) is 9.59 Å². The summed E-state index contributed by atoms with van der Waals surface area (Å²) in [5, 5.41) is 5.91. The van der Waals surface area contributed by atoms with E-state index in [1.807, 2.05) is 0 Å². The molecule has 4 aliphatic rings. The van der Waals surface area contributed by atoms with Crippen LogP contribution < -0.4 is 10.6 Å². The van der Waals surface area contributed by atoms with Crippen molar-refractivity contribution in [3.63, 3.8) is 0 Å². The van der Waals surface area contributed by atoms with Crippen LogP contribution in [0.15, 0.2) is 0 Å². The first kappa shape index (κ1) is 20.0. The molecule has 9 heteroatoms. The van der Waals surface area contributed by atoms with Gasteiger partial charge in [-0.25, -0.2) is 9.59 Å². The van der Waals surface area contributed by atoms with Gasteiger partial charge >= 0.3 is 12.1 Å². The van der Waals surface area contributed by atoms with Gasteiger partial charge < -0.3 is 20.4 Å². The minimum atomic E-state index is -0.784. The molecule has 2 aliphatic heterocycles. The number of hydrogen-bond donors (Lipinski definition) is 2. The first-order valence-corrected chi connectivity index (χ1v) is 11.0. The standard InChI is InChI=1S/C20H31N5O4/c26-16(14-25-17(27)20(22-19(25)29)8-4-5-9-20)23-10-12-24(13-11-23)18(28)21-15-6-2-1-3-7-15/h15H,1-14H2,(H,21,28)(H,22,29). The quantitative estimate of drug-likeness (QED) is 0.685. The van der Waals surface area contributed by atoms with Crippen LogP contribution in [0.1, 0.15) is 57.8 Å². The molecule has 2 saturated carbocycles. The SMILES string of the molecule is O=C(CN1C(=O)NC2(CCCC2)C1=O)N1CCN(C(=O)NC2CCCCC2)CC1. The summed E-state index contributed by atoms with van der Waals surface area (Å²) < 4.78 is 0. The third-order valence-corrected chi connectivity index (χ3v) is 6.85. The fourth-order valence-electron chi connectivity index (χ4n) is 5.04. The second kappa shape index (κ2) is 8.20. The van der Waals surface area contributed by atoms with Gasteiger partial charge in [-0.2, -0.15) is 0 Å². The molecule has 6 amide bonds. The summed E-state index contributed by atoms with van der Waals surface area (Å²) in [6.07, 6.45) is 8.78. The topological polar surface area (TPSA) is 102 Å². The highest BCUT2D eigenvalue weighted by Gasteiger charge is 2.52. The first-order chi connectivity index (χ1) is 14.0. The van der Waals surface area contributed by atoms with Gasteiger partial charge in [-0.05, 0) is 25.7 Å². The fraction of sp³-hybridized carbons (Fsp3) is 0.800. The Morgan fingerprint density at radius 2 is 1.55 bits per heavy atom. The third-order valence-electron chi connectivity index (χ3n) is 6.85. The maximum Gasteiger partial charge on any atom is 0.325 e. The van der Waals surface area contributed by atoms with Crippen molar-refractivity contribution < 1.29 is 19.2 Å². The molecule has 0 atom stereocenters. The zero-order valence-electron chi connectivity index (χ0n) is 17.0. The van der Waals surface area contributed by atoms with Gasteiger partial charge in [-0.3, -0.25) is 14.5 Å². The number of carbonyl (C=O) groups excluding carboxylic acids is 4. The van der Waals surface area contributed by atoms with Gasteiger partial charge in [-0.1, -0.05) is 32.1 Å². The molecule has 0 bridgehead atoms. The molecule has 4 rings (SSSR count). The van der Waals surface area contributed by atoms with E-state index in [0.29, 0.717) is 39.0 Å². The number of hydrogen-bond acceptors (Lipinski definition) is 4. The molecule has 1 spiro atoms. The number of rotatable bonds is 3. The Kier molecular flexibility index (Phi) is 5.65. The highest BCUT2D eigenvalue weighted by molar-refractivity contribution is 6.09. The molecule has 0 aromatic carbocycles. The normalized spacial score (nSPS) is 24.9. The Morgan fingerprint density at radius 3 is 2.21 bits per heavy atom. The molecule has 9 nitrogen and oxygen atoms in total. The Balaban J connectivity index is 1.25. The molecular formula is C20H31N5O4. The lowest BCUT2D eigenvalue weighted by Crippen LogP contribution is -2.56. The van der Waals surface area contributed by atoms with Gasteiger partial charge in [0.15, 0.2) is 0 Å². The summed E-state index contributed by atoms with van der Waals surface area (Å²) in [6.45, 7) is 1.56. The van der Waals surface area contributed by atoms with Gasteiger partial charge in [0.25, 0.3) is 5.91 Å². The Bertz CT molecular complexity index is 676. The van der Waals surface area contributed by atoms with E-state index in [-0.39, 0.29) is 30.4 Å². The third kappa shape index (κ3) is 4.04. The van der Waals surface area contributed by atoms with Gasteiger partial charge in [0.05, 0.1) is 0 Å². The van der Waals surface area contributed by atoms with E-state index in [2.05, 4.69) is 10.6 Å². The van der Waals surface area contributed by atoms with Crippen LogP contribution >= 0.6 is 0 Å². The summed E-state index contributed by atoms with van der Waals surface area (Å²) >= 11 is 0. The van der Waals surface area contributed by atoms with Crippen LogP contribution in [0.2, 0.25) is 0 Å². The van der Waals surface area contributed by atoms with Crippen LogP contribution in [0, 0.1) is 0 Å². The molecule has 0 radical (unpaired) electrons. The second-order valence-electron chi connectivity index (χ2n) is 8.76. The van der Waals surface area contributed by atoms with Crippen LogP contribution in [-0.2, 0) is 9.59 Å². The Hall–Kier alpha value is -2.32. The number of carbonyl (C=O) groups is 4. The van der Waals surface area contributed by atoms with E-state index in [4.69, 9.17) is 0 Å². The average molecular weight is 405 g/mol. The summed E-state index contributed by atoms with van der Waals surface area (Å²) in [5.41, 5.74) is -0.784. The largest absolute Gasteiger partial charge is 0.338 e. The van der Waals surface area contributed by atoms with E-state index < -0.39 is 11.6 Å². The Labute approximate surface area is 171 Å². The van der Waals surface area contributed by atoms with Crippen molar-refractivity contribution in [2.75, 3.05) is 32.7 Å². The van der Waals surface area contributed by atoms with E-state index >= 15 is 0 Å². The van der Waals surface area contributed by atoms with Gasteiger partial charge in [0.2, 0.25) is 5.91 Å². The van der Waals surface area contributed by atoms with Crippen LogP contribution in [0.3, 0.4) is 0 Å². The van der Waals surface area contributed by atoms with Crippen molar-refractivity contribution in [3.05, 3.63) is 0 Å². The zero-order valence-corrected chi connectivity index (χ0v) is 17.0. The summed E-state index contributed by atoms with van der Waals surface area (Å²) in [6, 6.07) is -0.254. The monoisotopic (exact) mass is 405 g/mol. The van der Waals surface area contributed by atoms with Gasteiger partial charge in [0, 0.05) is 32.2 Å². The number of amides is 6. The predicted molar refractivity (Wildman–Crippen MR) is 105 cm³/mol. The predicted octanol–water partition coefficient (Wildman–Crippen LogP) is 1.04. The molecule has 2 heterocycles. The van der Waals surface area contributed by atoms with E-state index in [1.54, 1.807) is 9.80 Å². The Morgan fingerprint density at radius 1 is 0.931 bits per heavy atom. The molecule has 160 valence electrons. The number of nitrogens with zero attached hydrogens (tertiary/aromatic N) is 3. The lowest BCUT2D eigenvalue weighted by Gasteiger charge is -2.36. The van der Waals surface area contributed by atoms with Gasteiger partial charge in [-0.15, -0.1) is 0 Å². The minimum Gasteiger partial charge on any atom is -0.338 e. The second-order valence-corrected chi connectivity index (χ2v) is 8.76. The molecular weight excluding hydrogens is 374 g/mol. The zero-order chi connectivity index (χ0) is 20.4. The van der Waals surface area contributed by atoms with Crippen molar-refractivity contribution in [1.82, 2.24) is 25.3 Å². The fourth-order valence-corrected chi connectivity index (χ4v) is 5.04. The smallest absolute Gasteiger partial charge is 0.325 e. The molecule has 2 aliphatic carbocycles. The minimum absolute atomic E-state index is 0.0544. The number of nitrogens with one attached hydrogen (secondary N) is 2. The first-order valence-electron chi connectivity index (χ1n) is 11.0. The summed E-state index contributed by atoms with van der Waals surface area (Å²) in [4.78, 5) is 54.5. The van der Waals surface area contributed by atoms with Crippen molar-refractivity contribution in [2.45, 2.75) is 69.4 Å². The number of urea groups is 2. The highest BCUT2D eigenvalue weighted by atomic mass is 16.2. The van der Waals surface area contributed by atoms with E-state index in [1.165, 1.54) is 6.42 Å². The summed E-state index contributed by atoms with van der Waals surface area (Å²) in [7, 11) is 0. The van der Waals surface area contributed by atoms with Crippen molar-refractivity contribution in [3.8, 4) is 0 Å². The maximum absolute atomic E-state index is 12.7. The summed E-state index contributed by atoms with van der Waals surface area (Å²) in [5.74, 6) is -0.505. The molecule has 0 aromatic rings. The molecule has 2 N–H and O–H groups in total.